The van der Waals surface area contributed by atoms with Crippen LogP contribution in [0, 0.1) is 0 Å². The number of anilines is 1. The molecule has 0 fully saturated rings. The fourth-order valence-electron chi connectivity index (χ4n) is 1.98. The van der Waals surface area contributed by atoms with Crippen molar-refractivity contribution in [3.8, 4) is 5.75 Å². The van der Waals surface area contributed by atoms with Crippen molar-refractivity contribution in [3.05, 3.63) is 59.7 Å². The molecule has 19 heavy (non-hydrogen) atoms. The number of ether oxygens (including phenoxy) is 1. The lowest BCUT2D eigenvalue weighted by atomic mass is 10.1. The van der Waals surface area contributed by atoms with Crippen molar-refractivity contribution < 1.29 is 4.74 Å². The van der Waals surface area contributed by atoms with E-state index >= 15 is 0 Å². The number of hydrogen-bond donors (Lipinski definition) is 1. The highest BCUT2D eigenvalue weighted by Gasteiger charge is 2.02. The molecule has 0 amide bonds. The third-order valence-electron chi connectivity index (χ3n) is 3.19. The lowest BCUT2D eigenvalue weighted by molar-refractivity contribution is 0.414. The van der Waals surface area contributed by atoms with E-state index in [1.54, 1.807) is 7.11 Å². The second-order valence-electron chi connectivity index (χ2n) is 4.57. The van der Waals surface area contributed by atoms with Crippen LogP contribution in [0.4, 0.5) is 5.69 Å². The van der Waals surface area contributed by atoms with Gasteiger partial charge in [-0.3, -0.25) is 0 Å². The average Bonchev–Trinajstić information content (AvgIpc) is 2.48. The van der Waals surface area contributed by atoms with Crippen LogP contribution in [0.25, 0.3) is 0 Å². The van der Waals surface area contributed by atoms with Crippen molar-refractivity contribution in [2.45, 2.75) is 13.1 Å². The van der Waals surface area contributed by atoms with Crippen LogP contribution in [0.15, 0.2) is 48.5 Å². The van der Waals surface area contributed by atoms with Crippen LogP contribution in [0.5, 0.6) is 5.75 Å². The first-order chi connectivity index (χ1) is 9.22. The smallest absolute Gasteiger partial charge is 0.118 e. The Morgan fingerprint density at radius 3 is 2.05 bits per heavy atom. The van der Waals surface area contributed by atoms with Gasteiger partial charge >= 0.3 is 0 Å². The van der Waals surface area contributed by atoms with Gasteiger partial charge in [-0.1, -0.05) is 24.3 Å². The predicted octanol–water partition coefficient (Wildman–Crippen LogP) is 2.79. The summed E-state index contributed by atoms with van der Waals surface area (Å²) in [6, 6.07) is 16.5. The topological polar surface area (TPSA) is 38.5 Å². The molecule has 2 aromatic rings. The molecule has 0 heterocycles. The van der Waals surface area contributed by atoms with Crippen molar-refractivity contribution >= 4 is 5.69 Å². The van der Waals surface area contributed by atoms with Crippen LogP contribution in [0.2, 0.25) is 0 Å². The Morgan fingerprint density at radius 1 is 0.947 bits per heavy atom. The molecule has 0 saturated heterocycles. The second kappa shape index (κ2) is 6.25. The van der Waals surface area contributed by atoms with E-state index in [2.05, 4.69) is 48.3 Å². The van der Waals surface area contributed by atoms with Crippen LogP contribution in [-0.4, -0.2) is 14.2 Å². The molecule has 0 aliphatic carbocycles. The van der Waals surface area contributed by atoms with Gasteiger partial charge in [-0.2, -0.15) is 0 Å². The van der Waals surface area contributed by atoms with E-state index in [4.69, 9.17) is 10.5 Å². The zero-order chi connectivity index (χ0) is 13.7. The van der Waals surface area contributed by atoms with Crippen molar-refractivity contribution in [2.75, 3.05) is 19.1 Å². The van der Waals surface area contributed by atoms with Crippen molar-refractivity contribution in [3.63, 3.8) is 0 Å². The van der Waals surface area contributed by atoms with Gasteiger partial charge in [0.15, 0.2) is 0 Å². The summed E-state index contributed by atoms with van der Waals surface area (Å²) in [6.07, 6.45) is 0. The maximum atomic E-state index is 5.60. The summed E-state index contributed by atoms with van der Waals surface area (Å²) in [5, 5.41) is 0. The Hall–Kier alpha value is -2.00. The first-order valence-corrected chi connectivity index (χ1v) is 6.36. The molecule has 3 nitrogen and oxygen atoms in total. The normalized spacial score (nSPS) is 10.3. The minimum Gasteiger partial charge on any atom is -0.497 e. The third kappa shape index (κ3) is 3.48. The fraction of sp³-hybridized carbons (Fsp3) is 0.250. The van der Waals surface area contributed by atoms with E-state index in [1.807, 2.05) is 12.1 Å². The van der Waals surface area contributed by atoms with E-state index in [-0.39, 0.29) is 0 Å². The Labute approximate surface area is 114 Å². The summed E-state index contributed by atoms with van der Waals surface area (Å²) >= 11 is 0. The molecule has 0 spiro atoms. The number of rotatable bonds is 5. The minimum atomic E-state index is 0.586. The summed E-state index contributed by atoms with van der Waals surface area (Å²) < 4.78 is 5.16. The molecule has 0 aliphatic heterocycles. The molecule has 0 bridgehead atoms. The fourth-order valence-corrected chi connectivity index (χ4v) is 1.98. The van der Waals surface area contributed by atoms with Crippen LogP contribution >= 0.6 is 0 Å². The molecule has 2 rings (SSSR count). The van der Waals surface area contributed by atoms with Crippen molar-refractivity contribution in [2.24, 2.45) is 5.73 Å². The van der Waals surface area contributed by atoms with Gasteiger partial charge < -0.3 is 15.4 Å². The molecular weight excluding hydrogens is 236 g/mol. The van der Waals surface area contributed by atoms with Gasteiger partial charge in [-0.05, 0) is 35.4 Å². The van der Waals surface area contributed by atoms with Gasteiger partial charge in [0.2, 0.25) is 0 Å². The minimum absolute atomic E-state index is 0.586. The molecule has 0 atom stereocenters. The van der Waals surface area contributed by atoms with E-state index in [9.17, 15) is 0 Å². The molecule has 0 saturated carbocycles. The molecule has 0 unspecified atom stereocenters. The van der Waals surface area contributed by atoms with Crippen LogP contribution < -0.4 is 15.4 Å². The van der Waals surface area contributed by atoms with Crippen LogP contribution in [0.3, 0.4) is 0 Å². The van der Waals surface area contributed by atoms with E-state index < -0.39 is 0 Å². The number of benzene rings is 2. The highest BCUT2D eigenvalue weighted by atomic mass is 16.5. The molecule has 3 heteroatoms. The summed E-state index contributed by atoms with van der Waals surface area (Å²) in [5.41, 5.74) is 9.20. The highest BCUT2D eigenvalue weighted by Crippen LogP contribution is 2.18. The molecule has 2 aromatic carbocycles. The number of nitrogens with zero attached hydrogens (tertiary/aromatic N) is 1. The average molecular weight is 256 g/mol. The van der Waals surface area contributed by atoms with Gasteiger partial charge in [-0.15, -0.1) is 0 Å². The molecule has 0 aromatic heterocycles. The van der Waals surface area contributed by atoms with Gasteiger partial charge in [0.05, 0.1) is 7.11 Å². The summed E-state index contributed by atoms with van der Waals surface area (Å²) in [4.78, 5) is 2.21. The number of methoxy groups -OCH3 is 1. The monoisotopic (exact) mass is 256 g/mol. The molecular formula is C16H20N2O. The first-order valence-electron chi connectivity index (χ1n) is 6.36. The quantitative estimate of drug-likeness (QED) is 0.894. The van der Waals surface area contributed by atoms with Crippen molar-refractivity contribution in [1.29, 1.82) is 0 Å². The molecule has 100 valence electrons. The largest absolute Gasteiger partial charge is 0.497 e. The number of nitrogens with two attached hydrogens (primary N) is 1. The van der Waals surface area contributed by atoms with Gasteiger partial charge in [0.25, 0.3) is 0 Å². The van der Waals surface area contributed by atoms with Crippen molar-refractivity contribution in [1.82, 2.24) is 0 Å². The zero-order valence-corrected chi connectivity index (χ0v) is 11.5. The Morgan fingerprint density at radius 2 is 1.53 bits per heavy atom. The Bertz CT molecular complexity index is 505. The van der Waals surface area contributed by atoms with Crippen LogP contribution in [-0.2, 0) is 13.1 Å². The summed E-state index contributed by atoms with van der Waals surface area (Å²) in [6.45, 7) is 1.45. The molecule has 0 radical (unpaired) electrons. The maximum Gasteiger partial charge on any atom is 0.118 e. The van der Waals surface area contributed by atoms with Gasteiger partial charge in [-0.25, -0.2) is 0 Å². The van der Waals surface area contributed by atoms with E-state index in [1.165, 1.54) is 11.3 Å². The Kier molecular flexibility index (Phi) is 4.42. The first kappa shape index (κ1) is 13.4. The Balaban J connectivity index is 2.04. The highest BCUT2D eigenvalue weighted by molar-refractivity contribution is 5.47. The predicted molar refractivity (Wildman–Crippen MR) is 79.4 cm³/mol. The lowest BCUT2D eigenvalue weighted by Gasteiger charge is -2.19. The SMILES string of the molecule is COc1ccc(CN(C)c2ccc(CN)cc2)cc1. The maximum absolute atomic E-state index is 5.60. The second-order valence-corrected chi connectivity index (χ2v) is 4.57. The number of hydrogen-bond acceptors (Lipinski definition) is 3. The van der Waals surface area contributed by atoms with E-state index in [0.717, 1.165) is 17.9 Å². The molecule has 2 N–H and O–H groups in total. The standard InChI is InChI=1S/C16H20N2O/c1-18(15-7-3-13(11-17)4-8-15)12-14-5-9-16(19-2)10-6-14/h3-10H,11-12,17H2,1-2H3. The molecule has 0 aliphatic rings. The van der Waals surface area contributed by atoms with Gasteiger partial charge in [0, 0.05) is 25.8 Å². The van der Waals surface area contributed by atoms with Crippen LogP contribution in [0.1, 0.15) is 11.1 Å². The summed E-state index contributed by atoms with van der Waals surface area (Å²) in [5.74, 6) is 0.888. The zero-order valence-electron chi connectivity index (χ0n) is 11.5. The van der Waals surface area contributed by atoms with Gasteiger partial charge in [0.1, 0.15) is 5.75 Å². The summed E-state index contributed by atoms with van der Waals surface area (Å²) in [7, 11) is 3.77. The lowest BCUT2D eigenvalue weighted by Crippen LogP contribution is -2.16. The third-order valence-corrected chi connectivity index (χ3v) is 3.19. The van der Waals surface area contributed by atoms with E-state index in [0.29, 0.717) is 6.54 Å².